The number of ether oxygens (including phenoxy) is 1. The van der Waals surface area contributed by atoms with Crippen LogP contribution in [0.3, 0.4) is 0 Å². The lowest BCUT2D eigenvalue weighted by molar-refractivity contribution is -0.135. The predicted molar refractivity (Wildman–Crippen MR) is 131 cm³/mol. The zero-order valence-electron chi connectivity index (χ0n) is 18.2. The van der Waals surface area contributed by atoms with E-state index < -0.39 is 5.92 Å². The van der Waals surface area contributed by atoms with Gasteiger partial charge in [-0.2, -0.15) is 22.3 Å². The molecule has 7 heteroatoms. The SMILES string of the molecule is CC(c1ccccc1)C(SCP)C(C#N)C(=O)N1CCC(Oc2cccc(C#N)c2)CC1. The number of nitrogens with zero attached hydrogens (tertiary/aromatic N) is 3. The highest BCUT2D eigenvalue weighted by Crippen LogP contribution is 2.36. The summed E-state index contributed by atoms with van der Waals surface area (Å²) in [6.45, 7) is 3.23. The van der Waals surface area contributed by atoms with E-state index in [4.69, 9.17) is 10.00 Å². The third-order valence-electron chi connectivity index (χ3n) is 5.86. The molecule has 32 heavy (non-hydrogen) atoms. The highest BCUT2D eigenvalue weighted by atomic mass is 32.2. The molecule has 0 aliphatic carbocycles. The molecular formula is C25H28N3O2PS. The van der Waals surface area contributed by atoms with Crippen LogP contribution in [0.4, 0.5) is 0 Å². The monoisotopic (exact) mass is 465 g/mol. The molecule has 0 saturated carbocycles. The molecule has 2 aromatic rings. The summed E-state index contributed by atoms with van der Waals surface area (Å²) >= 11 is 1.65. The summed E-state index contributed by atoms with van der Waals surface area (Å²) in [4.78, 5) is 15.1. The van der Waals surface area contributed by atoms with Gasteiger partial charge in [-0.15, -0.1) is 9.24 Å². The van der Waals surface area contributed by atoms with Gasteiger partial charge < -0.3 is 9.64 Å². The maximum atomic E-state index is 13.3. The number of piperidine rings is 1. The average Bonchev–Trinajstić information content (AvgIpc) is 2.84. The van der Waals surface area contributed by atoms with E-state index in [1.165, 1.54) is 0 Å². The third-order valence-corrected chi connectivity index (χ3v) is 7.70. The Kier molecular flexibility index (Phi) is 8.98. The quantitative estimate of drug-likeness (QED) is 0.523. The first-order valence-electron chi connectivity index (χ1n) is 10.8. The lowest BCUT2D eigenvalue weighted by atomic mass is 9.89. The molecule has 2 aromatic carbocycles. The Morgan fingerprint density at radius 3 is 2.53 bits per heavy atom. The Morgan fingerprint density at radius 1 is 1.19 bits per heavy atom. The van der Waals surface area contributed by atoms with Crippen LogP contribution in [0, 0.1) is 28.6 Å². The molecule has 166 valence electrons. The minimum Gasteiger partial charge on any atom is -0.490 e. The number of nitriles is 2. The Balaban J connectivity index is 1.63. The molecule has 1 fully saturated rings. The van der Waals surface area contributed by atoms with Crippen LogP contribution in [0.1, 0.15) is 36.8 Å². The summed E-state index contributed by atoms with van der Waals surface area (Å²) in [6.07, 6.45) is 1.40. The first-order chi connectivity index (χ1) is 15.6. The number of rotatable bonds is 8. The molecule has 4 unspecified atom stereocenters. The molecule has 0 spiro atoms. The normalized spacial score (nSPS) is 16.9. The maximum absolute atomic E-state index is 13.3. The molecule has 0 bridgehead atoms. The fourth-order valence-electron chi connectivity index (χ4n) is 4.08. The van der Waals surface area contributed by atoms with Crippen LogP contribution in [0.25, 0.3) is 0 Å². The number of likely N-dealkylation sites (tertiary alicyclic amines) is 1. The van der Waals surface area contributed by atoms with E-state index in [1.54, 1.807) is 23.9 Å². The van der Waals surface area contributed by atoms with Crippen LogP contribution < -0.4 is 4.74 Å². The van der Waals surface area contributed by atoms with Crippen LogP contribution in [0.5, 0.6) is 5.75 Å². The third kappa shape index (κ3) is 6.04. The van der Waals surface area contributed by atoms with Gasteiger partial charge >= 0.3 is 0 Å². The molecule has 1 amide bonds. The van der Waals surface area contributed by atoms with Crippen molar-refractivity contribution in [1.82, 2.24) is 4.90 Å². The number of hydrogen-bond acceptors (Lipinski definition) is 5. The second-order valence-electron chi connectivity index (χ2n) is 7.89. The highest BCUT2D eigenvalue weighted by Gasteiger charge is 2.37. The molecule has 1 heterocycles. The Morgan fingerprint density at radius 2 is 1.91 bits per heavy atom. The van der Waals surface area contributed by atoms with E-state index in [0.29, 0.717) is 37.2 Å². The molecule has 0 N–H and O–H groups in total. The van der Waals surface area contributed by atoms with E-state index in [0.717, 1.165) is 11.1 Å². The molecular weight excluding hydrogens is 437 g/mol. The number of carbonyl (C=O) groups is 1. The van der Waals surface area contributed by atoms with Crippen molar-refractivity contribution in [2.45, 2.75) is 37.0 Å². The summed E-state index contributed by atoms with van der Waals surface area (Å²) in [6, 6.07) is 21.7. The first-order valence-corrected chi connectivity index (χ1v) is 12.7. The second-order valence-corrected chi connectivity index (χ2v) is 10.1. The van der Waals surface area contributed by atoms with E-state index >= 15 is 0 Å². The predicted octanol–water partition coefficient (Wildman–Crippen LogP) is 4.81. The van der Waals surface area contributed by atoms with Crippen LogP contribution in [-0.4, -0.2) is 40.7 Å². The lowest BCUT2D eigenvalue weighted by Gasteiger charge is -2.35. The van der Waals surface area contributed by atoms with Crippen molar-refractivity contribution in [3.8, 4) is 17.9 Å². The van der Waals surface area contributed by atoms with Gasteiger partial charge in [0, 0.05) is 36.7 Å². The zero-order valence-corrected chi connectivity index (χ0v) is 20.2. The van der Waals surface area contributed by atoms with Gasteiger partial charge in [0.1, 0.15) is 17.8 Å². The highest BCUT2D eigenvalue weighted by molar-refractivity contribution is 8.03. The van der Waals surface area contributed by atoms with Gasteiger partial charge in [0.05, 0.1) is 17.7 Å². The van der Waals surface area contributed by atoms with Gasteiger partial charge in [-0.05, 0) is 29.7 Å². The van der Waals surface area contributed by atoms with Crippen LogP contribution in [0.2, 0.25) is 0 Å². The van der Waals surface area contributed by atoms with Crippen LogP contribution in [0.15, 0.2) is 54.6 Å². The molecule has 0 radical (unpaired) electrons. The van der Waals surface area contributed by atoms with Crippen molar-refractivity contribution in [1.29, 1.82) is 10.5 Å². The van der Waals surface area contributed by atoms with E-state index in [1.807, 2.05) is 35.2 Å². The number of benzene rings is 2. The molecule has 1 saturated heterocycles. The Hall–Kier alpha value is -2.53. The summed E-state index contributed by atoms with van der Waals surface area (Å²) < 4.78 is 6.03. The number of carbonyl (C=O) groups excluding carboxylic acids is 1. The van der Waals surface area contributed by atoms with Gasteiger partial charge in [-0.3, -0.25) is 4.79 Å². The average molecular weight is 466 g/mol. The van der Waals surface area contributed by atoms with Crippen molar-refractivity contribution in [2.24, 2.45) is 5.92 Å². The Bertz CT molecular complexity index is 981. The van der Waals surface area contributed by atoms with Crippen LogP contribution >= 0.6 is 21.0 Å². The molecule has 3 rings (SSSR count). The second kappa shape index (κ2) is 11.9. The summed E-state index contributed by atoms with van der Waals surface area (Å²) in [5, 5.41) is 18.9. The fraction of sp³-hybridized carbons (Fsp3) is 0.400. The van der Waals surface area contributed by atoms with Crippen molar-refractivity contribution in [3.05, 3.63) is 65.7 Å². The van der Waals surface area contributed by atoms with Crippen molar-refractivity contribution < 1.29 is 9.53 Å². The van der Waals surface area contributed by atoms with Crippen molar-refractivity contribution in [2.75, 3.05) is 18.6 Å². The van der Waals surface area contributed by atoms with E-state index in [-0.39, 0.29) is 23.2 Å². The molecule has 4 atom stereocenters. The van der Waals surface area contributed by atoms with E-state index in [2.05, 4.69) is 40.4 Å². The van der Waals surface area contributed by atoms with Crippen LogP contribution in [-0.2, 0) is 4.79 Å². The topological polar surface area (TPSA) is 77.1 Å². The largest absolute Gasteiger partial charge is 0.490 e. The smallest absolute Gasteiger partial charge is 0.241 e. The summed E-state index contributed by atoms with van der Waals surface area (Å²) in [7, 11) is 2.69. The fourth-order valence-corrected chi connectivity index (χ4v) is 5.78. The van der Waals surface area contributed by atoms with Gasteiger partial charge in [-0.1, -0.05) is 43.3 Å². The number of thioether (sulfide) groups is 1. The van der Waals surface area contributed by atoms with Crippen molar-refractivity contribution in [3.63, 3.8) is 0 Å². The van der Waals surface area contributed by atoms with Gasteiger partial charge in [0.25, 0.3) is 0 Å². The van der Waals surface area contributed by atoms with Gasteiger partial charge in [0.15, 0.2) is 0 Å². The summed E-state index contributed by atoms with van der Waals surface area (Å²) in [5.41, 5.74) is 2.48. The molecule has 0 aromatic heterocycles. The first kappa shape index (κ1) is 24.1. The van der Waals surface area contributed by atoms with E-state index in [9.17, 15) is 10.1 Å². The standard InChI is InChI=1S/C25H28N3O2PS/c1-18(20-7-3-2-4-8-20)24(32-17-31)23(16-27)25(29)28-12-10-21(11-13-28)30-22-9-5-6-19(14-22)15-26/h2-9,14,18,21,23-24H,10-13,17,31H2,1H3. The zero-order chi connectivity index (χ0) is 22.9. The Labute approximate surface area is 196 Å². The lowest BCUT2D eigenvalue weighted by Crippen LogP contribution is -2.46. The van der Waals surface area contributed by atoms with Crippen molar-refractivity contribution >= 4 is 26.9 Å². The maximum Gasteiger partial charge on any atom is 0.241 e. The van der Waals surface area contributed by atoms with Gasteiger partial charge in [-0.25, -0.2) is 0 Å². The minimum atomic E-state index is -0.694. The molecule has 5 nitrogen and oxygen atoms in total. The molecule has 1 aliphatic rings. The number of amides is 1. The summed E-state index contributed by atoms with van der Waals surface area (Å²) in [5.74, 6) is -0.0161. The molecule has 1 aliphatic heterocycles. The minimum absolute atomic E-state index is 0.00557. The van der Waals surface area contributed by atoms with Gasteiger partial charge in [0.2, 0.25) is 5.91 Å². The number of hydrogen-bond donors (Lipinski definition) is 0.